The monoisotopic (exact) mass is 280 g/mol. The zero-order valence-electron chi connectivity index (χ0n) is 11.9. The van der Waals surface area contributed by atoms with Crippen molar-refractivity contribution in [2.24, 2.45) is 5.92 Å². The lowest BCUT2D eigenvalue weighted by Crippen LogP contribution is -2.43. The van der Waals surface area contributed by atoms with Crippen molar-refractivity contribution in [3.05, 3.63) is 11.6 Å². The highest BCUT2D eigenvalue weighted by molar-refractivity contribution is 5.90. The van der Waals surface area contributed by atoms with Crippen molar-refractivity contribution in [1.29, 1.82) is 0 Å². The summed E-state index contributed by atoms with van der Waals surface area (Å²) in [4.78, 5) is 29.7. The molecule has 0 radical (unpaired) electrons. The summed E-state index contributed by atoms with van der Waals surface area (Å²) in [5.41, 5.74) is 0. The summed E-state index contributed by atoms with van der Waals surface area (Å²) in [7, 11) is 1.37. The summed E-state index contributed by atoms with van der Waals surface area (Å²) in [6.45, 7) is 3.04. The first-order valence-electron chi connectivity index (χ1n) is 6.94. The molecule has 0 aliphatic carbocycles. The Hall–Kier alpha value is -1.92. The van der Waals surface area contributed by atoms with Gasteiger partial charge in [0.2, 0.25) is 5.82 Å². The SMILES string of the molecule is CCCc1nc(C(=O)N2CCCC(C(=O)OC)C2)n[nH]1. The molecular weight excluding hydrogens is 260 g/mol. The molecule has 20 heavy (non-hydrogen) atoms. The lowest BCUT2D eigenvalue weighted by Gasteiger charge is -2.30. The lowest BCUT2D eigenvalue weighted by molar-refractivity contribution is -0.146. The molecule has 0 saturated carbocycles. The number of methoxy groups -OCH3 is 1. The molecule has 0 spiro atoms. The zero-order chi connectivity index (χ0) is 14.5. The maximum absolute atomic E-state index is 12.3. The number of nitrogens with zero attached hydrogens (tertiary/aromatic N) is 3. The van der Waals surface area contributed by atoms with E-state index in [1.54, 1.807) is 4.90 Å². The van der Waals surface area contributed by atoms with Crippen LogP contribution in [-0.4, -0.2) is 52.2 Å². The third-order valence-electron chi connectivity index (χ3n) is 3.45. The van der Waals surface area contributed by atoms with Gasteiger partial charge in [-0.25, -0.2) is 4.98 Å². The third-order valence-corrected chi connectivity index (χ3v) is 3.45. The Balaban J connectivity index is 2.02. The van der Waals surface area contributed by atoms with Crippen LogP contribution in [0.25, 0.3) is 0 Å². The van der Waals surface area contributed by atoms with Gasteiger partial charge >= 0.3 is 5.97 Å². The maximum atomic E-state index is 12.3. The second-order valence-corrected chi connectivity index (χ2v) is 4.97. The van der Waals surface area contributed by atoms with Crippen LogP contribution < -0.4 is 0 Å². The normalized spacial score (nSPS) is 18.9. The fraction of sp³-hybridized carbons (Fsp3) is 0.692. The van der Waals surface area contributed by atoms with Crippen LogP contribution in [0.2, 0.25) is 0 Å². The molecular formula is C13H20N4O3. The number of hydrogen-bond acceptors (Lipinski definition) is 5. The number of esters is 1. The van der Waals surface area contributed by atoms with Crippen LogP contribution in [0, 0.1) is 5.92 Å². The average molecular weight is 280 g/mol. The van der Waals surface area contributed by atoms with Gasteiger partial charge in [-0.15, -0.1) is 5.10 Å². The summed E-state index contributed by atoms with van der Waals surface area (Å²) in [6, 6.07) is 0. The summed E-state index contributed by atoms with van der Waals surface area (Å²) in [5, 5.41) is 6.73. The molecule has 0 bridgehead atoms. The summed E-state index contributed by atoms with van der Waals surface area (Å²) >= 11 is 0. The highest BCUT2D eigenvalue weighted by Gasteiger charge is 2.30. The van der Waals surface area contributed by atoms with Gasteiger partial charge in [0.25, 0.3) is 5.91 Å². The molecule has 1 fully saturated rings. The predicted octanol–water partition coefficient (Wildman–Crippen LogP) is 0.782. The molecule has 1 unspecified atom stereocenters. The second kappa shape index (κ2) is 6.49. The molecule has 1 aromatic rings. The van der Waals surface area contributed by atoms with Crippen LogP contribution in [-0.2, 0) is 16.0 Å². The molecule has 7 nitrogen and oxygen atoms in total. The number of carbonyl (C=O) groups excluding carboxylic acids is 2. The van der Waals surface area contributed by atoms with Crippen molar-refractivity contribution in [2.45, 2.75) is 32.6 Å². The number of piperidine rings is 1. The summed E-state index contributed by atoms with van der Waals surface area (Å²) in [6.07, 6.45) is 3.26. The number of amides is 1. The van der Waals surface area contributed by atoms with Crippen molar-refractivity contribution in [1.82, 2.24) is 20.1 Å². The fourth-order valence-electron chi connectivity index (χ4n) is 2.40. The minimum atomic E-state index is -0.260. The van der Waals surface area contributed by atoms with E-state index >= 15 is 0 Å². The Morgan fingerprint density at radius 1 is 1.50 bits per heavy atom. The van der Waals surface area contributed by atoms with Gasteiger partial charge in [-0.05, 0) is 19.3 Å². The number of aromatic nitrogens is 3. The van der Waals surface area contributed by atoms with Gasteiger partial charge in [-0.2, -0.15) is 0 Å². The number of nitrogens with one attached hydrogen (secondary N) is 1. The van der Waals surface area contributed by atoms with Gasteiger partial charge < -0.3 is 9.64 Å². The van der Waals surface area contributed by atoms with E-state index < -0.39 is 0 Å². The van der Waals surface area contributed by atoms with Crippen molar-refractivity contribution < 1.29 is 14.3 Å². The number of rotatable bonds is 4. The van der Waals surface area contributed by atoms with Gasteiger partial charge in [0, 0.05) is 19.5 Å². The number of hydrogen-bond donors (Lipinski definition) is 1. The topological polar surface area (TPSA) is 88.2 Å². The summed E-state index contributed by atoms with van der Waals surface area (Å²) in [5.74, 6) is 0.171. The minimum Gasteiger partial charge on any atom is -0.469 e. The van der Waals surface area contributed by atoms with Gasteiger partial charge in [-0.1, -0.05) is 6.92 Å². The first-order chi connectivity index (χ1) is 9.65. The molecule has 1 aromatic heterocycles. The van der Waals surface area contributed by atoms with Crippen LogP contribution in [0.4, 0.5) is 0 Å². The molecule has 1 saturated heterocycles. The Morgan fingerprint density at radius 3 is 3.00 bits per heavy atom. The van der Waals surface area contributed by atoms with Gasteiger partial charge in [0.15, 0.2) is 0 Å². The highest BCUT2D eigenvalue weighted by atomic mass is 16.5. The molecule has 1 amide bonds. The average Bonchev–Trinajstić information content (AvgIpc) is 2.95. The van der Waals surface area contributed by atoms with Gasteiger partial charge in [0.1, 0.15) is 5.82 Å². The number of ether oxygens (including phenoxy) is 1. The van der Waals surface area contributed by atoms with Crippen molar-refractivity contribution in [2.75, 3.05) is 20.2 Å². The molecule has 7 heteroatoms. The molecule has 2 rings (SSSR count). The quantitative estimate of drug-likeness (QED) is 0.823. The Morgan fingerprint density at radius 2 is 2.30 bits per heavy atom. The lowest BCUT2D eigenvalue weighted by atomic mass is 9.98. The van der Waals surface area contributed by atoms with Crippen molar-refractivity contribution in [3.63, 3.8) is 0 Å². The second-order valence-electron chi connectivity index (χ2n) is 4.97. The molecule has 1 atom stereocenters. The first-order valence-corrected chi connectivity index (χ1v) is 6.94. The van der Waals surface area contributed by atoms with Crippen molar-refractivity contribution in [3.8, 4) is 0 Å². The van der Waals surface area contributed by atoms with Crippen LogP contribution in [0.1, 0.15) is 42.6 Å². The van der Waals surface area contributed by atoms with E-state index in [0.717, 1.165) is 31.5 Å². The summed E-state index contributed by atoms with van der Waals surface area (Å²) < 4.78 is 4.75. The van der Waals surface area contributed by atoms with E-state index in [2.05, 4.69) is 15.2 Å². The van der Waals surface area contributed by atoms with E-state index in [9.17, 15) is 9.59 Å². The number of likely N-dealkylation sites (tertiary alicyclic amines) is 1. The highest BCUT2D eigenvalue weighted by Crippen LogP contribution is 2.19. The largest absolute Gasteiger partial charge is 0.469 e. The number of aromatic amines is 1. The number of carbonyl (C=O) groups is 2. The molecule has 1 aliphatic rings. The van der Waals surface area contributed by atoms with Crippen LogP contribution in [0.3, 0.4) is 0 Å². The fourth-order valence-corrected chi connectivity index (χ4v) is 2.40. The van der Waals surface area contributed by atoms with E-state index in [1.807, 2.05) is 6.92 Å². The molecule has 1 N–H and O–H groups in total. The smallest absolute Gasteiger partial charge is 0.310 e. The van der Waals surface area contributed by atoms with Gasteiger partial charge in [-0.3, -0.25) is 14.7 Å². The molecule has 2 heterocycles. The third kappa shape index (κ3) is 3.15. The van der Waals surface area contributed by atoms with E-state index in [1.165, 1.54) is 7.11 Å². The molecule has 1 aliphatic heterocycles. The van der Waals surface area contributed by atoms with Crippen LogP contribution in [0.5, 0.6) is 0 Å². The Labute approximate surface area is 117 Å². The minimum absolute atomic E-state index is 0.180. The Bertz CT molecular complexity index is 486. The molecule has 110 valence electrons. The van der Waals surface area contributed by atoms with E-state index in [-0.39, 0.29) is 23.6 Å². The van der Waals surface area contributed by atoms with Crippen LogP contribution >= 0.6 is 0 Å². The van der Waals surface area contributed by atoms with E-state index in [0.29, 0.717) is 13.1 Å². The predicted molar refractivity (Wildman–Crippen MR) is 71.0 cm³/mol. The number of H-pyrrole nitrogens is 1. The Kier molecular flexibility index (Phi) is 4.70. The zero-order valence-corrected chi connectivity index (χ0v) is 11.9. The number of aryl methyl sites for hydroxylation is 1. The first kappa shape index (κ1) is 14.5. The van der Waals surface area contributed by atoms with E-state index in [4.69, 9.17) is 4.74 Å². The maximum Gasteiger partial charge on any atom is 0.310 e. The molecule has 0 aromatic carbocycles. The standard InChI is InChI=1S/C13H20N4O3/c1-3-5-10-14-11(16-15-10)12(18)17-7-4-6-9(8-17)13(19)20-2/h9H,3-8H2,1-2H3,(H,14,15,16). The van der Waals surface area contributed by atoms with Crippen molar-refractivity contribution >= 4 is 11.9 Å². The van der Waals surface area contributed by atoms with Crippen LogP contribution in [0.15, 0.2) is 0 Å². The van der Waals surface area contributed by atoms with Gasteiger partial charge in [0.05, 0.1) is 13.0 Å².